The molecule has 0 saturated heterocycles. The van der Waals surface area contributed by atoms with Gasteiger partial charge in [0.25, 0.3) is 0 Å². The predicted octanol–water partition coefficient (Wildman–Crippen LogP) is 0.265. The average Bonchev–Trinajstić information content (AvgIpc) is 2.33. The number of aliphatic carboxylic acids is 1. The molecule has 0 spiro atoms. The minimum Gasteiger partial charge on any atom is -0.481 e. The van der Waals surface area contributed by atoms with Gasteiger partial charge in [-0.2, -0.15) is 0 Å². The van der Waals surface area contributed by atoms with E-state index in [-0.39, 0.29) is 19.0 Å². The molecule has 0 heterocycles. The lowest BCUT2D eigenvalue weighted by atomic mass is 9.94. The highest BCUT2D eigenvalue weighted by Crippen LogP contribution is 2.13. The fraction of sp³-hybridized carbons (Fsp3) is 0.750. The predicted molar refractivity (Wildman–Crippen MR) is 70.7 cm³/mol. The van der Waals surface area contributed by atoms with Gasteiger partial charge >= 0.3 is 12.0 Å². The number of nitrogens with zero attached hydrogens (tertiary/aromatic N) is 1. The van der Waals surface area contributed by atoms with Gasteiger partial charge in [0.2, 0.25) is 5.91 Å². The molecule has 0 aromatic carbocycles. The maximum absolute atomic E-state index is 11.7. The van der Waals surface area contributed by atoms with Gasteiger partial charge in [0.1, 0.15) is 6.54 Å². The van der Waals surface area contributed by atoms with Crippen LogP contribution in [-0.2, 0) is 9.59 Å². The van der Waals surface area contributed by atoms with Crippen molar-refractivity contribution in [3.63, 3.8) is 0 Å². The van der Waals surface area contributed by atoms with Gasteiger partial charge in [-0.3, -0.25) is 9.59 Å². The normalized spacial score (nSPS) is 10.7. The summed E-state index contributed by atoms with van der Waals surface area (Å²) in [5, 5.41) is 14.1. The van der Waals surface area contributed by atoms with E-state index in [4.69, 9.17) is 5.11 Å². The van der Waals surface area contributed by atoms with Crippen molar-refractivity contribution in [3.8, 4) is 0 Å². The van der Waals surface area contributed by atoms with Gasteiger partial charge in [-0.1, -0.05) is 6.92 Å². The second-order valence-corrected chi connectivity index (χ2v) is 5.05. The Morgan fingerprint density at radius 1 is 1.21 bits per heavy atom. The molecule has 0 aliphatic heterocycles. The summed E-state index contributed by atoms with van der Waals surface area (Å²) in [6.07, 6.45) is 0.828. The number of carboxylic acid groups (broad SMARTS) is 1. The van der Waals surface area contributed by atoms with Crippen LogP contribution < -0.4 is 10.6 Å². The van der Waals surface area contributed by atoms with E-state index in [0.717, 1.165) is 6.42 Å². The molecule has 3 amide bonds. The zero-order valence-corrected chi connectivity index (χ0v) is 11.9. The van der Waals surface area contributed by atoms with Crippen LogP contribution in [-0.4, -0.2) is 54.6 Å². The van der Waals surface area contributed by atoms with Crippen LogP contribution in [0.1, 0.15) is 27.2 Å². The summed E-state index contributed by atoms with van der Waals surface area (Å²) in [4.78, 5) is 35.1. The minimum atomic E-state index is -1.04. The molecular formula is C12H23N3O4. The molecule has 0 aliphatic rings. The standard InChI is InChI=1S/C12H23N3O4/c1-5-6-13-9(16)7-15(4)11(19)14-8-12(2,3)10(17)18/h5-8H2,1-4H3,(H,13,16)(H,14,19)(H,17,18). The molecule has 0 aromatic heterocycles. The molecular weight excluding hydrogens is 250 g/mol. The summed E-state index contributed by atoms with van der Waals surface area (Å²) in [5.41, 5.74) is -1.04. The number of carboxylic acids is 1. The van der Waals surface area contributed by atoms with Crippen molar-refractivity contribution in [2.24, 2.45) is 5.41 Å². The lowest BCUT2D eigenvalue weighted by Gasteiger charge is -2.22. The van der Waals surface area contributed by atoms with Crippen LogP contribution in [0, 0.1) is 5.41 Å². The summed E-state index contributed by atoms with van der Waals surface area (Å²) in [6, 6.07) is -0.471. The summed E-state index contributed by atoms with van der Waals surface area (Å²) in [5.74, 6) is -1.23. The molecule has 110 valence electrons. The van der Waals surface area contributed by atoms with Crippen molar-refractivity contribution in [2.45, 2.75) is 27.2 Å². The summed E-state index contributed by atoms with van der Waals surface area (Å²) >= 11 is 0. The number of nitrogens with one attached hydrogen (secondary N) is 2. The van der Waals surface area contributed by atoms with Gasteiger partial charge < -0.3 is 20.6 Å². The number of rotatable bonds is 7. The molecule has 7 heteroatoms. The largest absolute Gasteiger partial charge is 0.481 e. The molecule has 7 nitrogen and oxygen atoms in total. The second kappa shape index (κ2) is 7.60. The third-order valence-electron chi connectivity index (χ3n) is 2.56. The van der Waals surface area contributed by atoms with Crippen LogP contribution in [0.3, 0.4) is 0 Å². The first-order chi connectivity index (χ1) is 8.70. The Hall–Kier alpha value is -1.79. The Labute approximate surface area is 113 Å². The molecule has 0 aliphatic carbocycles. The summed E-state index contributed by atoms with van der Waals surface area (Å²) < 4.78 is 0. The Balaban J connectivity index is 4.14. The zero-order valence-electron chi connectivity index (χ0n) is 11.9. The van der Waals surface area contributed by atoms with Gasteiger partial charge in [-0.05, 0) is 20.3 Å². The van der Waals surface area contributed by atoms with Gasteiger partial charge in [0, 0.05) is 20.1 Å². The van der Waals surface area contributed by atoms with Crippen molar-refractivity contribution >= 4 is 17.9 Å². The highest BCUT2D eigenvalue weighted by Gasteiger charge is 2.28. The lowest BCUT2D eigenvalue weighted by Crippen LogP contribution is -2.47. The number of hydrogen-bond donors (Lipinski definition) is 3. The Morgan fingerprint density at radius 2 is 1.79 bits per heavy atom. The molecule has 3 N–H and O–H groups in total. The van der Waals surface area contributed by atoms with Crippen LogP contribution in [0.15, 0.2) is 0 Å². The first kappa shape index (κ1) is 17.2. The van der Waals surface area contributed by atoms with Crippen molar-refractivity contribution in [1.82, 2.24) is 15.5 Å². The monoisotopic (exact) mass is 273 g/mol. The fourth-order valence-corrected chi connectivity index (χ4v) is 1.11. The van der Waals surface area contributed by atoms with Crippen molar-refractivity contribution in [3.05, 3.63) is 0 Å². The highest BCUT2D eigenvalue weighted by molar-refractivity contribution is 5.84. The average molecular weight is 273 g/mol. The molecule has 0 aromatic rings. The van der Waals surface area contributed by atoms with Gasteiger partial charge in [0.15, 0.2) is 0 Å². The number of hydrogen-bond acceptors (Lipinski definition) is 3. The van der Waals surface area contributed by atoms with E-state index < -0.39 is 17.4 Å². The molecule has 0 atom stereocenters. The van der Waals surface area contributed by atoms with Crippen LogP contribution in [0.5, 0.6) is 0 Å². The number of carbonyl (C=O) groups is 3. The molecule has 0 fully saturated rings. The Kier molecular flexibility index (Phi) is 6.89. The van der Waals surface area contributed by atoms with Crippen molar-refractivity contribution in [2.75, 3.05) is 26.7 Å². The van der Waals surface area contributed by atoms with Crippen molar-refractivity contribution in [1.29, 1.82) is 0 Å². The topological polar surface area (TPSA) is 98.7 Å². The fourth-order valence-electron chi connectivity index (χ4n) is 1.11. The van der Waals surface area contributed by atoms with Crippen LogP contribution >= 0.6 is 0 Å². The van der Waals surface area contributed by atoms with Gasteiger partial charge in [-0.25, -0.2) is 4.79 Å². The van der Waals surface area contributed by atoms with E-state index in [9.17, 15) is 14.4 Å². The van der Waals surface area contributed by atoms with Gasteiger partial charge in [-0.15, -0.1) is 0 Å². The molecule has 0 unspecified atom stereocenters. The first-order valence-electron chi connectivity index (χ1n) is 6.19. The molecule has 0 bridgehead atoms. The Bertz CT molecular complexity index is 342. The molecule has 0 radical (unpaired) electrons. The third kappa shape index (κ3) is 6.64. The van der Waals surface area contributed by atoms with E-state index in [1.165, 1.54) is 25.8 Å². The number of urea groups is 1. The highest BCUT2D eigenvalue weighted by atomic mass is 16.4. The Morgan fingerprint density at radius 3 is 2.26 bits per heavy atom. The van der Waals surface area contributed by atoms with Crippen LogP contribution in [0.25, 0.3) is 0 Å². The molecule has 19 heavy (non-hydrogen) atoms. The maximum atomic E-state index is 11.7. The van der Waals surface area contributed by atoms with E-state index in [1.54, 1.807) is 0 Å². The smallest absolute Gasteiger partial charge is 0.317 e. The van der Waals surface area contributed by atoms with Gasteiger partial charge in [0.05, 0.1) is 5.41 Å². The van der Waals surface area contributed by atoms with Crippen LogP contribution in [0.4, 0.5) is 4.79 Å². The number of amides is 3. The van der Waals surface area contributed by atoms with E-state index in [0.29, 0.717) is 6.54 Å². The number of carbonyl (C=O) groups excluding carboxylic acids is 2. The third-order valence-corrected chi connectivity index (χ3v) is 2.56. The van der Waals surface area contributed by atoms with Crippen LogP contribution in [0.2, 0.25) is 0 Å². The number of likely N-dealkylation sites (N-methyl/N-ethyl adjacent to an activating group) is 1. The molecule has 0 rings (SSSR count). The first-order valence-corrected chi connectivity index (χ1v) is 6.19. The summed E-state index contributed by atoms with van der Waals surface area (Å²) in [7, 11) is 1.48. The molecule has 0 saturated carbocycles. The quantitative estimate of drug-likeness (QED) is 0.620. The SMILES string of the molecule is CCCNC(=O)CN(C)C(=O)NCC(C)(C)C(=O)O. The van der Waals surface area contributed by atoms with Crippen molar-refractivity contribution < 1.29 is 19.5 Å². The second-order valence-electron chi connectivity index (χ2n) is 5.05. The zero-order chi connectivity index (χ0) is 15.1. The van der Waals surface area contributed by atoms with E-state index in [1.807, 2.05) is 6.92 Å². The summed E-state index contributed by atoms with van der Waals surface area (Å²) in [6.45, 7) is 5.49. The maximum Gasteiger partial charge on any atom is 0.317 e. The minimum absolute atomic E-state index is 0.00207. The van der Waals surface area contributed by atoms with E-state index in [2.05, 4.69) is 10.6 Å². The van der Waals surface area contributed by atoms with E-state index >= 15 is 0 Å². The lowest BCUT2D eigenvalue weighted by molar-refractivity contribution is -0.146.